The monoisotopic (exact) mass is 516 g/mol. The smallest absolute Gasteiger partial charge is 0.303 e. The van der Waals surface area contributed by atoms with Crippen LogP contribution in [0.3, 0.4) is 0 Å². The van der Waals surface area contributed by atoms with Crippen LogP contribution < -0.4 is 0 Å². The van der Waals surface area contributed by atoms with Gasteiger partial charge in [0.05, 0.1) is 13.2 Å². The summed E-state index contributed by atoms with van der Waals surface area (Å²) in [5.41, 5.74) is 1.86. The Morgan fingerprint density at radius 2 is 1.22 bits per heavy atom. The number of esters is 1. The van der Waals surface area contributed by atoms with Crippen molar-refractivity contribution in [3.8, 4) is 0 Å². The number of hydrogen-bond acceptors (Lipinski definition) is 7. The van der Waals surface area contributed by atoms with E-state index in [0.29, 0.717) is 0 Å². The van der Waals surface area contributed by atoms with Crippen LogP contribution in [-0.2, 0) is 36.6 Å². The van der Waals surface area contributed by atoms with Crippen molar-refractivity contribution in [2.24, 2.45) is 0 Å². The maximum Gasteiger partial charge on any atom is 0.303 e. The van der Waals surface area contributed by atoms with Crippen molar-refractivity contribution in [1.82, 2.24) is 0 Å². The van der Waals surface area contributed by atoms with Gasteiger partial charge in [0, 0.05) is 6.92 Å². The van der Waals surface area contributed by atoms with Gasteiger partial charge in [-0.3, -0.25) is 4.79 Å². The highest BCUT2D eigenvalue weighted by atomic mass is 28.4. The number of hydrogen-bond donors (Lipinski definition) is 2. The van der Waals surface area contributed by atoms with Crippen LogP contribution in [0, 0.1) is 0 Å². The van der Waals surface area contributed by atoms with Gasteiger partial charge in [-0.2, -0.15) is 0 Å². The summed E-state index contributed by atoms with van der Waals surface area (Å²) in [6.45, 7) is 12.2. The molecule has 1 aliphatic carbocycles. The Hall–Kier alpha value is -2.07. The fourth-order valence-corrected chi connectivity index (χ4v) is 5.35. The molecule has 0 unspecified atom stereocenters. The van der Waals surface area contributed by atoms with Crippen molar-refractivity contribution >= 4 is 14.3 Å². The number of carbonyl (C=O) groups excluding carboxylic acids is 1. The second-order valence-corrected chi connectivity index (χ2v) is 15.7. The maximum absolute atomic E-state index is 12.0. The number of aliphatic hydroxyl groups is 2. The van der Waals surface area contributed by atoms with Gasteiger partial charge in [-0.05, 0) is 29.3 Å². The Bertz CT molecular complexity index is 961. The zero-order valence-electron chi connectivity index (χ0n) is 22.1. The van der Waals surface area contributed by atoms with Gasteiger partial charge in [0.1, 0.15) is 30.5 Å². The predicted octanol–water partition coefficient (Wildman–Crippen LogP) is 4.21. The molecule has 0 aromatic heterocycles. The quantitative estimate of drug-likeness (QED) is 0.381. The van der Waals surface area contributed by atoms with Crippen molar-refractivity contribution < 1.29 is 33.6 Å². The average molecular weight is 517 g/mol. The fourth-order valence-electron chi connectivity index (χ4n) is 4.05. The van der Waals surface area contributed by atoms with E-state index >= 15 is 0 Å². The highest BCUT2D eigenvalue weighted by Gasteiger charge is 2.56. The average Bonchev–Trinajstić information content (AvgIpc) is 2.82. The molecule has 0 amide bonds. The van der Waals surface area contributed by atoms with Gasteiger partial charge in [-0.15, -0.1) is 0 Å². The van der Waals surface area contributed by atoms with Crippen LogP contribution in [0.25, 0.3) is 0 Å². The van der Waals surface area contributed by atoms with Crippen LogP contribution in [0.15, 0.2) is 60.7 Å². The molecular formula is C28H40O7Si. The van der Waals surface area contributed by atoms with Gasteiger partial charge >= 0.3 is 5.97 Å². The lowest BCUT2D eigenvalue weighted by atomic mass is 9.84. The first-order chi connectivity index (χ1) is 16.9. The summed E-state index contributed by atoms with van der Waals surface area (Å²) in [6.07, 6.45) is -6.41. The molecule has 2 aromatic rings. The third kappa shape index (κ3) is 7.03. The van der Waals surface area contributed by atoms with E-state index in [9.17, 15) is 15.0 Å². The second kappa shape index (κ2) is 12.0. The highest BCUT2D eigenvalue weighted by molar-refractivity contribution is 6.74. The van der Waals surface area contributed by atoms with Crippen LogP contribution in [0.5, 0.6) is 0 Å². The molecule has 0 bridgehead atoms. The van der Waals surface area contributed by atoms with Gasteiger partial charge in [0.15, 0.2) is 14.4 Å². The van der Waals surface area contributed by atoms with Crippen molar-refractivity contribution in [2.45, 2.75) is 95.7 Å². The molecule has 1 fully saturated rings. The molecule has 0 spiro atoms. The molecule has 6 atom stereocenters. The molecule has 7 nitrogen and oxygen atoms in total. The topological polar surface area (TPSA) is 94.5 Å². The molecule has 0 radical (unpaired) electrons. The summed E-state index contributed by atoms with van der Waals surface area (Å²) in [6, 6.07) is 19.3. The second-order valence-electron chi connectivity index (χ2n) is 10.9. The minimum Gasteiger partial charge on any atom is -0.457 e. The van der Waals surface area contributed by atoms with Crippen molar-refractivity contribution in [1.29, 1.82) is 0 Å². The van der Waals surface area contributed by atoms with Gasteiger partial charge in [0.2, 0.25) is 0 Å². The van der Waals surface area contributed by atoms with Gasteiger partial charge in [-0.25, -0.2) is 0 Å². The van der Waals surface area contributed by atoms with Crippen LogP contribution in [-0.4, -0.2) is 61.1 Å². The summed E-state index contributed by atoms with van der Waals surface area (Å²) in [4.78, 5) is 12.0. The van der Waals surface area contributed by atoms with Crippen molar-refractivity contribution in [2.75, 3.05) is 0 Å². The Morgan fingerprint density at radius 1 is 0.778 bits per heavy atom. The van der Waals surface area contributed by atoms with E-state index < -0.39 is 50.9 Å². The van der Waals surface area contributed by atoms with E-state index in [1.165, 1.54) is 6.92 Å². The Labute approximate surface area is 215 Å². The third-order valence-corrected chi connectivity index (χ3v) is 11.6. The number of carbonyl (C=O) groups is 1. The molecule has 0 saturated heterocycles. The molecule has 3 rings (SSSR count). The Kier molecular flexibility index (Phi) is 9.48. The normalized spacial score (nSPS) is 27.0. The Morgan fingerprint density at radius 3 is 1.67 bits per heavy atom. The fraction of sp³-hybridized carbons (Fsp3) is 0.536. The van der Waals surface area contributed by atoms with Crippen LogP contribution in [0.2, 0.25) is 18.1 Å². The minimum atomic E-state index is -2.42. The molecule has 0 heterocycles. The molecule has 8 heteroatoms. The molecule has 1 aliphatic rings. The van der Waals surface area contributed by atoms with Gasteiger partial charge in [-0.1, -0.05) is 81.4 Å². The van der Waals surface area contributed by atoms with Gasteiger partial charge in [0.25, 0.3) is 0 Å². The summed E-state index contributed by atoms with van der Waals surface area (Å²) in [5.74, 6) is -0.569. The molecular weight excluding hydrogens is 476 g/mol. The first kappa shape index (κ1) is 28.5. The van der Waals surface area contributed by atoms with Crippen LogP contribution >= 0.6 is 0 Å². The number of rotatable bonds is 9. The van der Waals surface area contributed by atoms with E-state index in [1.807, 2.05) is 60.7 Å². The summed E-state index contributed by atoms with van der Waals surface area (Å²) < 4.78 is 24.9. The summed E-state index contributed by atoms with van der Waals surface area (Å²) >= 11 is 0. The largest absolute Gasteiger partial charge is 0.457 e. The van der Waals surface area contributed by atoms with Crippen molar-refractivity contribution in [3.63, 3.8) is 0 Å². The summed E-state index contributed by atoms with van der Waals surface area (Å²) in [5, 5.41) is 22.1. The number of ether oxygens (including phenoxy) is 3. The number of aliphatic hydroxyl groups excluding tert-OH is 2. The Balaban J connectivity index is 1.98. The van der Waals surface area contributed by atoms with E-state index in [-0.39, 0.29) is 18.3 Å². The number of benzene rings is 2. The minimum absolute atomic E-state index is 0.154. The van der Waals surface area contributed by atoms with Crippen molar-refractivity contribution in [3.05, 3.63) is 71.8 Å². The molecule has 2 N–H and O–H groups in total. The first-order valence-electron chi connectivity index (χ1n) is 12.4. The molecule has 0 aliphatic heterocycles. The standard InChI is InChI=1S/C28H40O7Si/c1-19(29)34-25-23(31)22(30)24(32-17-20-13-9-7-10-14-20)26(33-18-21-15-11-8-12-16-21)27(25)35-36(5,6)28(2,3)4/h7-16,22-27,30-31H,17-18H2,1-6H3/t22-,23+,24+,25+,26-,27-/m0/s1. The zero-order valence-corrected chi connectivity index (χ0v) is 23.1. The SMILES string of the molecule is CC(=O)O[C@@H]1[C@H](O)[C@H](O)[C@@H](OCc2ccccc2)[C@H](OCc2ccccc2)[C@H]1O[Si](C)(C)C(C)(C)C. The highest BCUT2D eigenvalue weighted by Crippen LogP contribution is 2.41. The summed E-state index contributed by atoms with van der Waals surface area (Å²) in [7, 11) is -2.42. The maximum atomic E-state index is 12.0. The van der Waals surface area contributed by atoms with Crippen LogP contribution in [0.1, 0.15) is 38.8 Å². The van der Waals surface area contributed by atoms with E-state index in [0.717, 1.165) is 11.1 Å². The lowest BCUT2D eigenvalue weighted by Crippen LogP contribution is -2.68. The molecule has 1 saturated carbocycles. The van der Waals surface area contributed by atoms with Crippen LogP contribution in [0.4, 0.5) is 0 Å². The zero-order chi connectivity index (χ0) is 26.5. The molecule has 2 aromatic carbocycles. The predicted molar refractivity (Wildman–Crippen MR) is 140 cm³/mol. The lowest BCUT2D eigenvalue weighted by Gasteiger charge is -2.50. The molecule has 198 valence electrons. The lowest BCUT2D eigenvalue weighted by molar-refractivity contribution is -0.253. The third-order valence-electron chi connectivity index (χ3n) is 7.10. The molecule has 36 heavy (non-hydrogen) atoms. The van der Waals surface area contributed by atoms with E-state index in [1.54, 1.807) is 0 Å². The van der Waals surface area contributed by atoms with E-state index in [4.69, 9.17) is 18.6 Å². The van der Waals surface area contributed by atoms with E-state index in [2.05, 4.69) is 33.9 Å². The van der Waals surface area contributed by atoms with Gasteiger partial charge < -0.3 is 28.8 Å². The first-order valence-corrected chi connectivity index (χ1v) is 15.3.